The third kappa shape index (κ3) is 5.02. The van der Waals surface area contributed by atoms with E-state index in [0.717, 1.165) is 66.5 Å². The highest BCUT2D eigenvalue weighted by Gasteiger charge is 2.31. The Labute approximate surface area is 222 Å². The van der Waals surface area contributed by atoms with E-state index in [1.165, 1.54) is 33.1 Å². The topological polar surface area (TPSA) is 146 Å². The molecule has 0 spiro atoms. The number of hydrogen-bond acceptors (Lipinski definition) is 6. The van der Waals surface area contributed by atoms with E-state index in [9.17, 15) is 23.1 Å². The van der Waals surface area contributed by atoms with E-state index in [0.29, 0.717) is 13.0 Å². The summed E-state index contributed by atoms with van der Waals surface area (Å²) in [5.41, 5.74) is 7.32. The number of nitrogens with zero attached hydrogens (tertiary/aromatic N) is 3. The number of carbonyl (C=O) groups excluding carboxylic acids is 2. The summed E-state index contributed by atoms with van der Waals surface area (Å²) >= 11 is 0. The van der Waals surface area contributed by atoms with Gasteiger partial charge in [0.15, 0.2) is 6.23 Å². The van der Waals surface area contributed by atoms with Crippen LogP contribution in [-0.2, 0) is 42.3 Å². The molecular formula is C26H34N6O5S. The van der Waals surface area contributed by atoms with Crippen LogP contribution in [0.1, 0.15) is 55.4 Å². The monoisotopic (exact) mass is 542 g/mol. The second-order valence-electron chi connectivity index (χ2n) is 10.1. The van der Waals surface area contributed by atoms with Crippen LogP contribution in [0.2, 0.25) is 0 Å². The molecule has 11 nitrogen and oxygen atoms in total. The predicted molar refractivity (Wildman–Crippen MR) is 141 cm³/mol. The molecule has 1 aromatic heterocycles. The molecule has 4 N–H and O–H groups in total. The molecule has 0 saturated carbocycles. The van der Waals surface area contributed by atoms with Gasteiger partial charge in [0.2, 0.25) is 0 Å². The fraction of sp³-hybridized carbons (Fsp3) is 0.500. The molecule has 2 aliphatic carbocycles. The number of sulfonamides is 1. The van der Waals surface area contributed by atoms with E-state index in [4.69, 9.17) is 0 Å². The van der Waals surface area contributed by atoms with Crippen LogP contribution >= 0.6 is 0 Å². The molecule has 2 heterocycles. The lowest BCUT2D eigenvalue weighted by molar-refractivity contribution is 0.0756. The smallest absolute Gasteiger partial charge is 0.333 e. The number of rotatable bonds is 7. The van der Waals surface area contributed by atoms with E-state index < -0.39 is 28.3 Å². The number of nitrogens with one attached hydrogen (secondary N) is 3. The van der Waals surface area contributed by atoms with Crippen molar-refractivity contribution in [2.45, 2.75) is 76.5 Å². The van der Waals surface area contributed by atoms with Gasteiger partial charge in [0, 0.05) is 25.0 Å². The molecular weight excluding hydrogens is 508 g/mol. The van der Waals surface area contributed by atoms with E-state index in [1.54, 1.807) is 0 Å². The Morgan fingerprint density at radius 2 is 1.82 bits per heavy atom. The van der Waals surface area contributed by atoms with Crippen molar-refractivity contribution in [3.63, 3.8) is 0 Å². The van der Waals surface area contributed by atoms with Gasteiger partial charge in [-0.15, -0.1) is 0 Å². The summed E-state index contributed by atoms with van der Waals surface area (Å²) in [4.78, 5) is 26.5. The number of anilines is 1. The molecule has 0 saturated heterocycles. The first kappa shape index (κ1) is 26.2. The van der Waals surface area contributed by atoms with Crippen molar-refractivity contribution in [1.29, 1.82) is 0 Å². The minimum atomic E-state index is -4.14. The summed E-state index contributed by atoms with van der Waals surface area (Å²) < 4.78 is 29.2. The van der Waals surface area contributed by atoms with Crippen LogP contribution in [0.4, 0.5) is 15.3 Å². The largest absolute Gasteiger partial charge is 0.369 e. The van der Waals surface area contributed by atoms with Gasteiger partial charge in [-0.2, -0.15) is 5.10 Å². The van der Waals surface area contributed by atoms with Crippen molar-refractivity contribution in [2.24, 2.45) is 0 Å². The molecule has 4 amide bonds. The first-order valence-electron chi connectivity index (χ1n) is 13.1. The van der Waals surface area contributed by atoms with Crippen LogP contribution in [-0.4, -0.2) is 59.6 Å². The Balaban J connectivity index is 1.17. The zero-order valence-corrected chi connectivity index (χ0v) is 22.5. The van der Waals surface area contributed by atoms with Crippen molar-refractivity contribution in [1.82, 2.24) is 24.7 Å². The Bertz CT molecular complexity index is 1380. The predicted octanol–water partition coefficient (Wildman–Crippen LogP) is 2.44. The third-order valence-corrected chi connectivity index (χ3v) is 8.97. The molecule has 1 unspecified atom stereocenters. The highest BCUT2D eigenvalue weighted by Crippen LogP contribution is 2.38. The molecule has 1 aliphatic heterocycles. The van der Waals surface area contributed by atoms with Gasteiger partial charge >= 0.3 is 12.1 Å². The van der Waals surface area contributed by atoms with Gasteiger partial charge in [-0.3, -0.25) is 9.58 Å². The summed E-state index contributed by atoms with van der Waals surface area (Å²) in [6.07, 6.45) is 7.98. The number of benzene rings is 1. The van der Waals surface area contributed by atoms with Crippen LogP contribution in [0.5, 0.6) is 0 Å². The summed E-state index contributed by atoms with van der Waals surface area (Å²) in [6.45, 7) is 4.59. The summed E-state index contributed by atoms with van der Waals surface area (Å²) in [6, 6.07) is 1.05. The van der Waals surface area contributed by atoms with E-state index in [-0.39, 0.29) is 18.0 Å². The maximum atomic E-state index is 12.9. The number of aryl methyl sites for hydroxylation is 2. The number of fused-ring (bicyclic) bond motifs is 2. The first-order chi connectivity index (χ1) is 18.2. The van der Waals surface area contributed by atoms with E-state index in [1.807, 2.05) is 13.8 Å². The highest BCUT2D eigenvalue weighted by molar-refractivity contribution is 7.90. The Hall–Kier alpha value is -3.38. The number of amides is 4. The number of urea groups is 2. The quantitative estimate of drug-likeness (QED) is 0.396. The van der Waals surface area contributed by atoms with Crippen molar-refractivity contribution in [3.8, 4) is 0 Å². The Morgan fingerprint density at radius 1 is 1.13 bits per heavy atom. The van der Waals surface area contributed by atoms with Crippen LogP contribution in [0, 0.1) is 0 Å². The average molecular weight is 543 g/mol. The van der Waals surface area contributed by atoms with Gasteiger partial charge < -0.3 is 15.7 Å². The minimum Gasteiger partial charge on any atom is -0.369 e. The molecule has 0 bridgehead atoms. The molecule has 38 heavy (non-hydrogen) atoms. The zero-order valence-electron chi connectivity index (χ0n) is 21.7. The fourth-order valence-electron chi connectivity index (χ4n) is 5.79. The third-order valence-electron chi connectivity index (χ3n) is 7.68. The number of aliphatic hydroxyl groups excluding tert-OH is 1. The highest BCUT2D eigenvalue weighted by atomic mass is 32.2. The second kappa shape index (κ2) is 10.4. The van der Waals surface area contributed by atoms with Crippen molar-refractivity contribution < 1.29 is 23.1 Å². The molecule has 1 atom stereocenters. The lowest BCUT2D eigenvalue weighted by Gasteiger charge is -2.22. The van der Waals surface area contributed by atoms with Crippen LogP contribution < -0.4 is 15.4 Å². The van der Waals surface area contributed by atoms with Gasteiger partial charge in [-0.25, -0.2) is 22.7 Å². The number of aromatic nitrogens is 2. The Kier molecular flexibility index (Phi) is 7.19. The van der Waals surface area contributed by atoms with Gasteiger partial charge in [0.1, 0.15) is 4.90 Å². The van der Waals surface area contributed by atoms with Gasteiger partial charge in [0.05, 0.1) is 12.7 Å². The van der Waals surface area contributed by atoms with Crippen molar-refractivity contribution >= 4 is 27.8 Å². The van der Waals surface area contributed by atoms with Gasteiger partial charge in [-0.1, -0.05) is 18.6 Å². The molecule has 0 radical (unpaired) electrons. The van der Waals surface area contributed by atoms with Crippen LogP contribution in [0.3, 0.4) is 0 Å². The molecule has 0 fully saturated rings. The SMILES string of the molecule is CCC1=C(C)CN(C(=O)NCCn2cc(S(=O)(=O)NC(=O)Nc3c4c(cc5c3CCC5)CCC4)cn2)C1O. The normalized spacial score (nSPS) is 18.5. The van der Waals surface area contributed by atoms with E-state index in [2.05, 4.69) is 26.5 Å². The summed E-state index contributed by atoms with van der Waals surface area (Å²) in [5.74, 6) is 0. The molecule has 1 aromatic carbocycles. The summed E-state index contributed by atoms with van der Waals surface area (Å²) in [7, 11) is -4.14. The van der Waals surface area contributed by atoms with Gasteiger partial charge in [0.25, 0.3) is 10.0 Å². The van der Waals surface area contributed by atoms with Gasteiger partial charge in [-0.05, 0) is 79.7 Å². The molecule has 5 rings (SSSR count). The molecule has 2 aromatic rings. The standard InChI is InChI=1S/C26H34N6O5S/c1-3-20-16(2)14-32(24(20)33)26(35)27-10-11-31-15-19(13-28-31)38(36,37)30-25(34)29-23-21-8-4-6-17(21)12-18-7-5-9-22(18)23/h12-13,15,24,33H,3-11,14H2,1-2H3,(H,27,35)(H2,29,30,34). The maximum absolute atomic E-state index is 12.9. The van der Waals surface area contributed by atoms with Crippen molar-refractivity contribution in [2.75, 3.05) is 18.4 Å². The molecule has 12 heteroatoms. The number of carbonyl (C=O) groups is 2. The Morgan fingerprint density at radius 3 is 2.45 bits per heavy atom. The van der Waals surface area contributed by atoms with Crippen LogP contribution in [0.25, 0.3) is 0 Å². The lowest BCUT2D eigenvalue weighted by Crippen LogP contribution is -2.45. The van der Waals surface area contributed by atoms with Crippen molar-refractivity contribution in [3.05, 3.63) is 51.9 Å². The minimum absolute atomic E-state index is 0.148. The maximum Gasteiger partial charge on any atom is 0.333 e. The first-order valence-corrected chi connectivity index (χ1v) is 14.6. The summed E-state index contributed by atoms with van der Waals surface area (Å²) in [5, 5.41) is 20.0. The second-order valence-corrected chi connectivity index (χ2v) is 11.8. The number of hydrogen-bond donors (Lipinski definition) is 4. The fourth-order valence-corrected chi connectivity index (χ4v) is 6.65. The average Bonchev–Trinajstić information content (AvgIpc) is 3.65. The van der Waals surface area contributed by atoms with Crippen LogP contribution in [0.15, 0.2) is 34.5 Å². The zero-order chi connectivity index (χ0) is 27.0. The number of aliphatic hydroxyl groups is 1. The molecule has 204 valence electrons. The van der Waals surface area contributed by atoms with E-state index >= 15 is 0 Å². The lowest BCUT2D eigenvalue weighted by atomic mass is 9.99. The molecule has 3 aliphatic rings.